The summed E-state index contributed by atoms with van der Waals surface area (Å²) in [5.41, 5.74) is 1.35. The highest BCUT2D eigenvalue weighted by Gasteiger charge is 2.28. The summed E-state index contributed by atoms with van der Waals surface area (Å²) in [7, 11) is 1.73. The molecule has 1 aliphatic heterocycles. The number of hydrogen-bond donors (Lipinski definition) is 0. The zero-order valence-electron chi connectivity index (χ0n) is 20.7. The number of nitrogens with zero attached hydrogens (tertiary/aromatic N) is 6. The van der Waals surface area contributed by atoms with Crippen LogP contribution in [-0.2, 0) is 11.8 Å². The van der Waals surface area contributed by atoms with Crippen LogP contribution in [0, 0.1) is 17.1 Å². The number of nitriles is 1. The number of hydrogen-bond acceptors (Lipinski definition) is 7. The summed E-state index contributed by atoms with van der Waals surface area (Å²) >= 11 is 0. The van der Waals surface area contributed by atoms with E-state index in [1.165, 1.54) is 0 Å². The van der Waals surface area contributed by atoms with Crippen molar-refractivity contribution in [3.63, 3.8) is 0 Å². The highest BCUT2D eigenvalue weighted by molar-refractivity contribution is 6.03. The predicted molar refractivity (Wildman–Crippen MR) is 135 cm³/mol. The molecule has 186 valence electrons. The molecule has 0 N–H and O–H groups in total. The van der Waals surface area contributed by atoms with Gasteiger partial charge in [-0.2, -0.15) is 5.26 Å². The minimum atomic E-state index is -0.789. The highest BCUT2D eigenvalue weighted by Crippen LogP contribution is 2.29. The van der Waals surface area contributed by atoms with Gasteiger partial charge in [0.15, 0.2) is 17.3 Å². The van der Waals surface area contributed by atoms with Gasteiger partial charge in [-0.15, -0.1) is 0 Å². The number of rotatable bonds is 4. The van der Waals surface area contributed by atoms with Crippen molar-refractivity contribution >= 4 is 39.5 Å². The van der Waals surface area contributed by atoms with Crippen LogP contribution in [0.5, 0.6) is 0 Å². The molecule has 3 aromatic heterocycles. The van der Waals surface area contributed by atoms with Crippen LogP contribution in [-0.4, -0.2) is 63.6 Å². The number of imidazole rings is 1. The van der Waals surface area contributed by atoms with Crippen molar-refractivity contribution in [2.45, 2.75) is 26.8 Å². The van der Waals surface area contributed by atoms with Gasteiger partial charge in [0, 0.05) is 39.3 Å². The number of carbonyl (C=O) groups is 1. The SMILES string of the molecule is CCOC(=O)c1c(=O)c2cc(F)c(N3CCN(C(C)C)CC3)nc2n2c3cc(C#N)ccc3n(C)c12. The molecular formula is C26H27FN6O3. The second kappa shape index (κ2) is 8.91. The number of ether oxygens (including phenoxy) is 1. The average Bonchev–Trinajstić information content (AvgIpc) is 3.15. The number of fused-ring (bicyclic) bond motifs is 5. The first-order valence-corrected chi connectivity index (χ1v) is 12.0. The maximum absolute atomic E-state index is 15.4. The van der Waals surface area contributed by atoms with Crippen molar-refractivity contribution in [1.29, 1.82) is 5.26 Å². The molecule has 9 nitrogen and oxygen atoms in total. The Bertz CT molecular complexity index is 1620. The van der Waals surface area contributed by atoms with Crippen LogP contribution in [0.15, 0.2) is 29.1 Å². The van der Waals surface area contributed by atoms with Gasteiger partial charge in [0.05, 0.1) is 34.7 Å². The number of aromatic nitrogens is 3. The Labute approximate surface area is 206 Å². The second-order valence-electron chi connectivity index (χ2n) is 9.24. The maximum atomic E-state index is 15.4. The Morgan fingerprint density at radius 2 is 1.92 bits per heavy atom. The van der Waals surface area contributed by atoms with Crippen molar-refractivity contribution in [2.75, 3.05) is 37.7 Å². The van der Waals surface area contributed by atoms with E-state index in [1.807, 2.05) is 4.90 Å². The van der Waals surface area contributed by atoms with E-state index in [-0.39, 0.29) is 34.7 Å². The van der Waals surface area contributed by atoms with Gasteiger partial charge in [-0.3, -0.25) is 14.1 Å². The molecule has 0 saturated carbocycles. The van der Waals surface area contributed by atoms with Crippen LogP contribution in [0.4, 0.5) is 10.2 Å². The standard InChI is InChI=1S/C26H27FN6O3/c1-5-36-26(35)21-22(34)17-13-18(27)24(32-10-8-31(9-11-32)15(2)3)29-23(17)33-20-12-16(14-28)6-7-19(20)30(4)25(21)33/h6-7,12-13,15H,5,8-11H2,1-4H3. The number of halogens is 1. The third-order valence-electron chi connectivity index (χ3n) is 6.90. The first-order valence-electron chi connectivity index (χ1n) is 12.0. The molecule has 10 heteroatoms. The molecule has 1 aliphatic rings. The lowest BCUT2D eigenvalue weighted by Crippen LogP contribution is -2.49. The monoisotopic (exact) mass is 490 g/mol. The number of benzene rings is 1. The summed E-state index contributed by atoms with van der Waals surface area (Å²) in [4.78, 5) is 35.4. The highest BCUT2D eigenvalue weighted by atomic mass is 19.1. The molecule has 0 amide bonds. The second-order valence-corrected chi connectivity index (χ2v) is 9.24. The van der Waals surface area contributed by atoms with Crippen LogP contribution in [0.3, 0.4) is 0 Å². The summed E-state index contributed by atoms with van der Waals surface area (Å²) in [6.45, 7) is 8.73. The molecule has 0 unspecified atom stereocenters. The van der Waals surface area contributed by atoms with Crippen molar-refractivity contribution in [2.24, 2.45) is 7.05 Å². The lowest BCUT2D eigenvalue weighted by Gasteiger charge is -2.37. The van der Waals surface area contributed by atoms with E-state index in [2.05, 4.69) is 29.8 Å². The molecule has 0 bridgehead atoms. The Balaban J connectivity index is 1.84. The maximum Gasteiger partial charge on any atom is 0.345 e. The minimum absolute atomic E-state index is 0.0209. The lowest BCUT2D eigenvalue weighted by molar-refractivity contribution is 0.0526. The molecule has 4 heterocycles. The number of anilines is 1. The van der Waals surface area contributed by atoms with E-state index in [9.17, 15) is 14.9 Å². The predicted octanol–water partition coefficient (Wildman–Crippen LogP) is 3.06. The van der Waals surface area contributed by atoms with Crippen LogP contribution < -0.4 is 10.3 Å². The Morgan fingerprint density at radius 3 is 2.56 bits per heavy atom. The van der Waals surface area contributed by atoms with E-state index in [0.717, 1.165) is 19.2 Å². The van der Waals surface area contributed by atoms with E-state index >= 15 is 4.39 Å². The molecule has 1 aromatic carbocycles. The van der Waals surface area contributed by atoms with Crippen LogP contribution in [0.2, 0.25) is 0 Å². The fourth-order valence-corrected chi connectivity index (χ4v) is 5.03. The van der Waals surface area contributed by atoms with Gasteiger partial charge in [0.1, 0.15) is 11.2 Å². The number of piperazine rings is 1. The summed E-state index contributed by atoms with van der Waals surface area (Å²) in [6, 6.07) is 8.78. The topological polar surface area (TPSA) is 95.9 Å². The van der Waals surface area contributed by atoms with Crippen LogP contribution in [0.25, 0.3) is 27.7 Å². The fourth-order valence-electron chi connectivity index (χ4n) is 5.03. The fraction of sp³-hybridized carbons (Fsp3) is 0.385. The van der Waals surface area contributed by atoms with E-state index in [4.69, 9.17) is 4.74 Å². The Hall–Kier alpha value is -3.97. The smallest absolute Gasteiger partial charge is 0.345 e. The van der Waals surface area contributed by atoms with Crippen molar-refractivity contribution in [3.8, 4) is 6.07 Å². The summed E-state index contributed by atoms with van der Waals surface area (Å²) in [5.74, 6) is -1.25. The summed E-state index contributed by atoms with van der Waals surface area (Å²) in [6.07, 6.45) is 0. The molecule has 5 rings (SSSR count). The Kier molecular flexibility index (Phi) is 5.88. The van der Waals surface area contributed by atoms with Gasteiger partial charge in [-0.1, -0.05) is 0 Å². The van der Waals surface area contributed by atoms with Crippen molar-refractivity contribution < 1.29 is 13.9 Å². The van der Waals surface area contributed by atoms with Gasteiger partial charge in [0.2, 0.25) is 5.43 Å². The van der Waals surface area contributed by atoms with Crippen LogP contribution in [0.1, 0.15) is 36.7 Å². The Morgan fingerprint density at radius 1 is 1.19 bits per heavy atom. The average molecular weight is 491 g/mol. The zero-order chi connectivity index (χ0) is 25.7. The number of carbonyl (C=O) groups excluding carboxylic acids is 1. The van der Waals surface area contributed by atoms with Gasteiger partial charge < -0.3 is 14.2 Å². The van der Waals surface area contributed by atoms with Gasteiger partial charge in [-0.25, -0.2) is 14.2 Å². The molecule has 1 fully saturated rings. The number of pyridine rings is 2. The molecule has 1 saturated heterocycles. The normalized spacial score (nSPS) is 14.8. The number of esters is 1. The van der Waals surface area contributed by atoms with Crippen molar-refractivity contribution in [1.82, 2.24) is 18.9 Å². The van der Waals surface area contributed by atoms with Gasteiger partial charge in [0.25, 0.3) is 0 Å². The minimum Gasteiger partial charge on any atom is -0.462 e. The third kappa shape index (κ3) is 3.58. The lowest BCUT2D eigenvalue weighted by atomic mass is 10.1. The van der Waals surface area contributed by atoms with E-state index in [1.54, 1.807) is 41.1 Å². The van der Waals surface area contributed by atoms with Gasteiger partial charge >= 0.3 is 5.97 Å². The third-order valence-corrected chi connectivity index (χ3v) is 6.90. The number of aryl methyl sites for hydroxylation is 1. The first-order chi connectivity index (χ1) is 17.3. The molecule has 0 spiro atoms. The van der Waals surface area contributed by atoms with Gasteiger partial charge in [-0.05, 0) is 45.0 Å². The molecule has 0 radical (unpaired) electrons. The summed E-state index contributed by atoms with van der Waals surface area (Å²) in [5, 5.41) is 9.47. The quantitative estimate of drug-likeness (QED) is 0.406. The van der Waals surface area contributed by atoms with Crippen LogP contribution >= 0.6 is 0 Å². The molecule has 4 aromatic rings. The van der Waals surface area contributed by atoms with E-state index in [0.29, 0.717) is 35.7 Å². The molecular weight excluding hydrogens is 463 g/mol. The van der Waals surface area contributed by atoms with E-state index < -0.39 is 17.2 Å². The molecule has 36 heavy (non-hydrogen) atoms. The first kappa shape index (κ1) is 23.8. The zero-order valence-corrected chi connectivity index (χ0v) is 20.7. The summed E-state index contributed by atoms with van der Waals surface area (Å²) < 4.78 is 24.0. The van der Waals surface area contributed by atoms with Crippen molar-refractivity contribution in [3.05, 3.63) is 51.4 Å². The largest absolute Gasteiger partial charge is 0.462 e. The molecule has 0 atom stereocenters. The molecule has 0 aliphatic carbocycles.